The van der Waals surface area contributed by atoms with Crippen LogP contribution >= 0.6 is 0 Å². The van der Waals surface area contributed by atoms with E-state index in [4.69, 9.17) is 4.42 Å². The van der Waals surface area contributed by atoms with Gasteiger partial charge in [0.15, 0.2) is 0 Å². The van der Waals surface area contributed by atoms with E-state index in [0.29, 0.717) is 0 Å². The molecular formula is C24H26N2O3. The Bertz CT molecular complexity index is 1070. The highest BCUT2D eigenvalue weighted by Crippen LogP contribution is 2.30. The number of rotatable bonds is 6. The molecule has 29 heavy (non-hydrogen) atoms. The Balaban J connectivity index is 1.41. The number of anilines is 1. The molecule has 0 fully saturated rings. The fourth-order valence-corrected chi connectivity index (χ4v) is 4.03. The van der Waals surface area contributed by atoms with Gasteiger partial charge >= 0.3 is 0 Å². The van der Waals surface area contributed by atoms with Crippen molar-refractivity contribution < 1.29 is 14.0 Å². The molecular weight excluding hydrogens is 364 g/mol. The monoisotopic (exact) mass is 390 g/mol. The van der Waals surface area contributed by atoms with Crippen LogP contribution < -0.4 is 5.32 Å². The van der Waals surface area contributed by atoms with Gasteiger partial charge in [0.2, 0.25) is 11.8 Å². The number of carbonyl (C=O) groups excluding carboxylic acids is 2. The van der Waals surface area contributed by atoms with Crippen LogP contribution in [0, 0.1) is 0 Å². The van der Waals surface area contributed by atoms with Crippen LogP contribution in [0.2, 0.25) is 0 Å². The van der Waals surface area contributed by atoms with Crippen LogP contribution in [0.3, 0.4) is 0 Å². The molecule has 0 radical (unpaired) electrons. The summed E-state index contributed by atoms with van der Waals surface area (Å²) in [5.74, 6) is -0.302. The number of para-hydroxylation sites is 1. The molecule has 4 rings (SSSR count). The van der Waals surface area contributed by atoms with Crippen molar-refractivity contribution in [2.24, 2.45) is 0 Å². The van der Waals surface area contributed by atoms with E-state index >= 15 is 0 Å². The second kappa shape index (κ2) is 8.11. The van der Waals surface area contributed by atoms with Gasteiger partial charge in [-0.3, -0.25) is 9.59 Å². The summed E-state index contributed by atoms with van der Waals surface area (Å²) >= 11 is 0. The summed E-state index contributed by atoms with van der Waals surface area (Å²) in [6, 6.07) is 12.0. The Hall–Kier alpha value is -3.08. The Morgan fingerprint density at radius 2 is 1.86 bits per heavy atom. The molecule has 0 saturated heterocycles. The molecule has 0 atom stereocenters. The third-order valence-electron chi connectivity index (χ3n) is 5.69. The maximum Gasteiger partial charge on any atom is 0.243 e. The van der Waals surface area contributed by atoms with Crippen molar-refractivity contribution >= 4 is 28.5 Å². The first-order valence-electron chi connectivity index (χ1n) is 10.2. The van der Waals surface area contributed by atoms with Gasteiger partial charge < -0.3 is 14.6 Å². The molecule has 1 aliphatic rings. The smallest absolute Gasteiger partial charge is 0.243 e. The van der Waals surface area contributed by atoms with Crippen molar-refractivity contribution in [1.29, 1.82) is 0 Å². The number of benzene rings is 2. The van der Waals surface area contributed by atoms with Crippen molar-refractivity contribution in [2.45, 2.75) is 39.0 Å². The molecule has 0 bridgehead atoms. The van der Waals surface area contributed by atoms with E-state index in [-0.39, 0.29) is 24.8 Å². The molecule has 1 heterocycles. The Morgan fingerprint density at radius 3 is 2.66 bits per heavy atom. The molecule has 0 saturated carbocycles. The number of hydrogen-bond acceptors (Lipinski definition) is 3. The molecule has 5 nitrogen and oxygen atoms in total. The first-order valence-corrected chi connectivity index (χ1v) is 10.2. The maximum absolute atomic E-state index is 12.7. The highest BCUT2D eigenvalue weighted by atomic mass is 16.3. The van der Waals surface area contributed by atoms with Gasteiger partial charge in [-0.25, -0.2) is 0 Å². The van der Waals surface area contributed by atoms with Crippen molar-refractivity contribution in [1.82, 2.24) is 4.90 Å². The van der Waals surface area contributed by atoms with E-state index in [0.717, 1.165) is 47.0 Å². The molecule has 2 amide bonds. The Labute approximate surface area is 170 Å². The molecule has 150 valence electrons. The van der Waals surface area contributed by atoms with Crippen LogP contribution in [0.5, 0.6) is 0 Å². The highest BCUT2D eigenvalue weighted by molar-refractivity contribution is 5.96. The molecule has 0 aliphatic heterocycles. The first kappa shape index (κ1) is 19.2. The summed E-state index contributed by atoms with van der Waals surface area (Å²) in [6.07, 6.45) is 6.09. The van der Waals surface area contributed by atoms with E-state index in [2.05, 4.69) is 17.4 Å². The lowest BCUT2D eigenvalue weighted by Crippen LogP contribution is -2.35. The van der Waals surface area contributed by atoms with Gasteiger partial charge in [0.25, 0.3) is 0 Å². The lowest BCUT2D eigenvalue weighted by Gasteiger charge is -2.17. The maximum atomic E-state index is 12.7. The van der Waals surface area contributed by atoms with Crippen LogP contribution in [-0.4, -0.2) is 30.3 Å². The van der Waals surface area contributed by atoms with E-state index in [1.165, 1.54) is 22.4 Å². The van der Waals surface area contributed by atoms with Gasteiger partial charge in [-0.1, -0.05) is 25.1 Å². The summed E-state index contributed by atoms with van der Waals surface area (Å²) in [5, 5.41) is 3.92. The van der Waals surface area contributed by atoms with E-state index in [1.54, 1.807) is 13.3 Å². The van der Waals surface area contributed by atoms with Gasteiger partial charge in [0, 0.05) is 23.7 Å². The number of nitrogens with zero attached hydrogens (tertiary/aromatic N) is 1. The van der Waals surface area contributed by atoms with Crippen LogP contribution in [0.25, 0.3) is 11.0 Å². The average molecular weight is 390 g/mol. The van der Waals surface area contributed by atoms with Crippen LogP contribution in [0.15, 0.2) is 47.1 Å². The standard InChI is InChI=1S/C24H26N2O3/c1-3-16-7-4-5-10-21(16)25-23(27)14-26(2)24(28)13-19-15-29-22-12-18-9-6-8-17(18)11-20(19)22/h4-5,7,10-12,15H,3,6,8-9,13-14H2,1-2H3,(H,25,27). The summed E-state index contributed by atoms with van der Waals surface area (Å²) in [6.45, 7) is 2.06. The molecule has 5 heteroatoms. The molecule has 1 N–H and O–H groups in total. The fourth-order valence-electron chi connectivity index (χ4n) is 4.03. The highest BCUT2D eigenvalue weighted by Gasteiger charge is 2.19. The Morgan fingerprint density at radius 1 is 1.10 bits per heavy atom. The second-order valence-electron chi connectivity index (χ2n) is 7.72. The van der Waals surface area contributed by atoms with Crippen molar-refractivity contribution in [3.05, 3.63) is 64.9 Å². The van der Waals surface area contributed by atoms with Crippen molar-refractivity contribution in [3.63, 3.8) is 0 Å². The number of furan rings is 1. The Kier molecular flexibility index (Phi) is 5.38. The van der Waals surface area contributed by atoms with E-state index in [1.807, 2.05) is 31.2 Å². The SMILES string of the molecule is CCc1ccccc1NC(=O)CN(C)C(=O)Cc1coc2cc3c(cc12)CCC3. The van der Waals surface area contributed by atoms with Gasteiger partial charge in [-0.2, -0.15) is 0 Å². The lowest BCUT2D eigenvalue weighted by molar-refractivity contribution is -0.132. The zero-order valence-electron chi connectivity index (χ0n) is 17.0. The quantitative estimate of drug-likeness (QED) is 0.689. The van der Waals surface area contributed by atoms with Crippen LogP contribution in [0.4, 0.5) is 5.69 Å². The number of nitrogens with one attached hydrogen (secondary N) is 1. The zero-order valence-corrected chi connectivity index (χ0v) is 17.0. The van der Waals surface area contributed by atoms with E-state index < -0.39 is 0 Å². The minimum Gasteiger partial charge on any atom is -0.464 e. The van der Waals surface area contributed by atoms with Crippen LogP contribution in [-0.2, 0) is 35.3 Å². The number of carbonyl (C=O) groups is 2. The summed E-state index contributed by atoms with van der Waals surface area (Å²) < 4.78 is 5.69. The first-order chi connectivity index (χ1) is 14.0. The topological polar surface area (TPSA) is 62.6 Å². The molecule has 0 unspecified atom stereocenters. The number of aryl methyl sites for hydroxylation is 3. The minimum absolute atomic E-state index is 0.0159. The van der Waals surface area contributed by atoms with Gasteiger partial charge in [0.1, 0.15) is 5.58 Å². The summed E-state index contributed by atoms with van der Waals surface area (Å²) in [4.78, 5) is 26.6. The van der Waals surface area contributed by atoms with E-state index in [9.17, 15) is 9.59 Å². The second-order valence-corrected chi connectivity index (χ2v) is 7.72. The predicted molar refractivity (Wildman–Crippen MR) is 114 cm³/mol. The van der Waals surface area contributed by atoms with Crippen molar-refractivity contribution in [2.75, 3.05) is 18.9 Å². The molecule has 0 spiro atoms. The van der Waals surface area contributed by atoms with Gasteiger partial charge in [-0.05, 0) is 60.6 Å². The summed E-state index contributed by atoms with van der Waals surface area (Å²) in [7, 11) is 1.66. The summed E-state index contributed by atoms with van der Waals surface area (Å²) in [5.41, 5.74) is 6.30. The minimum atomic E-state index is -0.198. The lowest BCUT2D eigenvalue weighted by atomic mass is 10.0. The molecule has 3 aromatic rings. The largest absolute Gasteiger partial charge is 0.464 e. The zero-order chi connectivity index (χ0) is 20.4. The number of likely N-dealkylation sites (N-methyl/N-ethyl adjacent to an activating group) is 1. The molecule has 1 aliphatic carbocycles. The third kappa shape index (κ3) is 4.04. The number of amides is 2. The van der Waals surface area contributed by atoms with Crippen molar-refractivity contribution in [3.8, 4) is 0 Å². The normalized spacial score (nSPS) is 12.8. The van der Waals surface area contributed by atoms with Gasteiger partial charge in [-0.15, -0.1) is 0 Å². The number of hydrogen-bond donors (Lipinski definition) is 1. The fraction of sp³-hybridized carbons (Fsp3) is 0.333. The average Bonchev–Trinajstić information content (AvgIpc) is 3.33. The third-order valence-corrected chi connectivity index (χ3v) is 5.69. The predicted octanol–water partition coefficient (Wildman–Crippen LogP) is 4.12. The molecule has 1 aromatic heterocycles. The number of fused-ring (bicyclic) bond motifs is 2. The van der Waals surface area contributed by atoms with Gasteiger partial charge in [0.05, 0.1) is 19.2 Å². The molecule has 2 aromatic carbocycles. The van der Waals surface area contributed by atoms with Crippen LogP contribution in [0.1, 0.15) is 35.6 Å².